The lowest BCUT2D eigenvalue weighted by atomic mass is 9.66. The second kappa shape index (κ2) is 18.8. The van der Waals surface area contributed by atoms with Crippen molar-refractivity contribution >= 4 is 45.2 Å². The fourth-order valence-electron chi connectivity index (χ4n) is 4.86. The van der Waals surface area contributed by atoms with Gasteiger partial charge < -0.3 is 4.74 Å². The molecule has 1 unspecified atom stereocenters. The van der Waals surface area contributed by atoms with Crippen molar-refractivity contribution in [1.29, 1.82) is 5.26 Å². The minimum absolute atomic E-state index is 0.0224. The van der Waals surface area contributed by atoms with Crippen molar-refractivity contribution in [3.05, 3.63) is 0 Å². The van der Waals surface area contributed by atoms with Crippen molar-refractivity contribution in [2.75, 3.05) is 12.4 Å². The Morgan fingerprint density at radius 3 is 1.72 bits per heavy atom. The third-order valence-electron chi connectivity index (χ3n) is 8.08. The number of unbranched alkanes of at least 4 members (excludes halogenated alkanes) is 9. The summed E-state index contributed by atoms with van der Waals surface area (Å²) in [5.74, 6) is -20.1. The maximum absolute atomic E-state index is 14.1. The number of carbonyl (C=O) groups excluding carboxylic acids is 1. The van der Waals surface area contributed by atoms with E-state index in [1.807, 2.05) is 6.07 Å². The van der Waals surface area contributed by atoms with E-state index in [4.69, 9.17) is 17.0 Å². The molecule has 0 aliphatic carbocycles. The molecule has 0 fully saturated rings. The van der Waals surface area contributed by atoms with Crippen molar-refractivity contribution in [3.63, 3.8) is 0 Å². The van der Waals surface area contributed by atoms with Gasteiger partial charge in [0.2, 0.25) is 0 Å². The summed E-state index contributed by atoms with van der Waals surface area (Å²) in [4.78, 5) is 13.4. The number of thiocarbonyl (C=S) groups is 1. The van der Waals surface area contributed by atoms with Gasteiger partial charge in [0, 0.05) is 11.2 Å². The minimum atomic E-state index is -7.02. The summed E-state index contributed by atoms with van der Waals surface area (Å²) in [6.07, 6.45) is 2.38. The van der Waals surface area contributed by atoms with Gasteiger partial charge in [0.15, 0.2) is 0 Å². The molecule has 0 spiro atoms. The summed E-state index contributed by atoms with van der Waals surface area (Å²) in [6.45, 7) is 8.69. The molecule has 0 bridgehead atoms. The number of alkyl halides is 9. The molecular formula is C31H48F9NO2S3. The van der Waals surface area contributed by atoms with Gasteiger partial charge in [-0.15, -0.1) is 23.5 Å². The van der Waals surface area contributed by atoms with E-state index in [-0.39, 0.29) is 12.8 Å². The van der Waals surface area contributed by atoms with Gasteiger partial charge in [-0.25, -0.2) is 0 Å². The van der Waals surface area contributed by atoms with Crippen molar-refractivity contribution in [1.82, 2.24) is 0 Å². The third kappa shape index (κ3) is 13.2. The molecule has 0 saturated heterocycles. The van der Waals surface area contributed by atoms with Crippen LogP contribution in [0.25, 0.3) is 0 Å². The summed E-state index contributed by atoms with van der Waals surface area (Å²) in [5, 5.41) is 9.26. The summed E-state index contributed by atoms with van der Waals surface area (Å²) in [7, 11) is 0. The molecule has 0 aromatic carbocycles. The number of hydrogen-bond acceptors (Lipinski definition) is 6. The minimum Gasteiger partial charge on any atom is -0.465 e. The number of carbonyl (C=O) groups is 1. The normalized spacial score (nSPS) is 14.9. The first-order chi connectivity index (χ1) is 20.9. The predicted octanol–water partition coefficient (Wildman–Crippen LogP) is 12.2. The van der Waals surface area contributed by atoms with Gasteiger partial charge in [0.05, 0.1) is 24.5 Å². The quantitative estimate of drug-likeness (QED) is 0.0478. The van der Waals surface area contributed by atoms with E-state index >= 15 is 0 Å². The summed E-state index contributed by atoms with van der Waals surface area (Å²) in [6, 6.07) is 2.00. The first-order valence-corrected chi connectivity index (χ1v) is 17.7. The molecule has 0 aliphatic heterocycles. The Labute approximate surface area is 281 Å². The zero-order valence-electron chi connectivity index (χ0n) is 27.5. The highest BCUT2D eigenvalue weighted by Crippen LogP contribution is 2.55. The molecule has 0 rings (SSSR count). The van der Waals surface area contributed by atoms with Crippen LogP contribution < -0.4 is 0 Å². The van der Waals surface area contributed by atoms with Gasteiger partial charge in [-0.2, -0.15) is 44.8 Å². The van der Waals surface area contributed by atoms with Crippen molar-refractivity contribution < 1.29 is 49.0 Å². The lowest BCUT2D eigenvalue weighted by Gasteiger charge is -2.45. The van der Waals surface area contributed by atoms with E-state index in [2.05, 4.69) is 6.92 Å². The molecule has 0 N–H and O–H groups in total. The monoisotopic (exact) mass is 733 g/mol. The second-order valence-corrected chi connectivity index (χ2v) is 17.1. The standard InChI is InChI=1S/C31H48F9NO2S3/c1-7-8-9-10-11-12-13-14-15-16-21-45-24(44)46-26(4,5)27(6,22-25(2,3)17-19-41)23(42)43-20-18-28(32,33)29(34,35)30(36,37)31(38,39)40/h7-18,20-22H2,1-6H3. The fourth-order valence-corrected chi connectivity index (χ4v) is 8.15. The highest BCUT2D eigenvalue weighted by atomic mass is 32.2. The first kappa shape index (κ1) is 45.1. The van der Waals surface area contributed by atoms with E-state index in [1.165, 1.54) is 57.2 Å². The van der Waals surface area contributed by atoms with Crippen LogP contribution >= 0.6 is 35.7 Å². The maximum atomic E-state index is 14.1. The first-order valence-electron chi connectivity index (χ1n) is 15.5. The van der Waals surface area contributed by atoms with Gasteiger partial charge in [0.25, 0.3) is 0 Å². The molecule has 0 heterocycles. The summed E-state index contributed by atoms with van der Waals surface area (Å²) < 4.78 is 124. The number of thioether (sulfide) groups is 2. The van der Waals surface area contributed by atoms with E-state index < -0.39 is 58.5 Å². The van der Waals surface area contributed by atoms with Crippen LogP contribution in [-0.4, -0.2) is 50.5 Å². The number of hydrogen-bond donors (Lipinski definition) is 0. The number of nitriles is 1. The third-order valence-corrected chi connectivity index (χ3v) is 11.1. The molecular weight excluding hydrogens is 686 g/mol. The Hall–Kier alpha value is -0.880. The Balaban J connectivity index is 5.44. The molecule has 0 amide bonds. The maximum Gasteiger partial charge on any atom is 0.460 e. The van der Waals surface area contributed by atoms with Gasteiger partial charge >= 0.3 is 29.9 Å². The van der Waals surface area contributed by atoms with Crippen LogP contribution in [0.4, 0.5) is 39.5 Å². The van der Waals surface area contributed by atoms with E-state index in [0.29, 0.717) is 3.53 Å². The highest BCUT2D eigenvalue weighted by molar-refractivity contribution is 8.47. The highest BCUT2D eigenvalue weighted by Gasteiger charge is 2.81. The Bertz CT molecular complexity index is 999. The van der Waals surface area contributed by atoms with Gasteiger partial charge in [-0.05, 0) is 44.8 Å². The van der Waals surface area contributed by atoms with Crippen LogP contribution in [0.5, 0.6) is 0 Å². The molecule has 15 heteroatoms. The van der Waals surface area contributed by atoms with Crippen LogP contribution in [0.1, 0.15) is 125 Å². The summed E-state index contributed by atoms with van der Waals surface area (Å²) >= 11 is 8.09. The molecule has 0 aromatic rings. The molecule has 0 saturated carbocycles. The van der Waals surface area contributed by atoms with E-state index in [9.17, 15) is 49.6 Å². The molecule has 0 aromatic heterocycles. The fraction of sp³-hybridized carbons (Fsp3) is 0.903. The van der Waals surface area contributed by atoms with Crippen LogP contribution in [0.15, 0.2) is 0 Å². The van der Waals surface area contributed by atoms with Crippen LogP contribution in [0, 0.1) is 22.2 Å². The SMILES string of the molecule is CCCCCCCCCCCCSC(=S)SC(C)(C)C(C)(CC(C)(C)CC#N)C(=O)OCCC(F)(F)C(F)(F)C(F)(F)C(F)(F)F. The van der Waals surface area contributed by atoms with E-state index in [0.717, 1.165) is 43.2 Å². The Morgan fingerprint density at radius 1 is 0.783 bits per heavy atom. The Kier molecular flexibility index (Phi) is 18.4. The molecule has 270 valence electrons. The van der Waals surface area contributed by atoms with Crippen molar-refractivity contribution in [2.24, 2.45) is 10.8 Å². The predicted molar refractivity (Wildman–Crippen MR) is 172 cm³/mol. The number of rotatable bonds is 22. The number of ether oxygens (including phenoxy) is 1. The largest absolute Gasteiger partial charge is 0.465 e. The number of esters is 1. The van der Waals surface area contributed by atoms with Gasteiger partial charge in [-0.1, -0.05) is 90.8 Å². The van der Waals surface area contributed by atoms with Gasteiger partial charge in [-0.3, -0.25) is 4.79 Å². The van der Waals surface area contributed by atoms with Crippen molar-refractivity contribution in [3.8, 4) is 6.07 Å². The molecule has 0 radical (unpaired) electrons. The smallest absolute Gasteiger partial charge is 0.460 e. The average molecular weight is 734 g/mol. The van der Waals surface area contributed by atoms with Crippen LogP contribution in [0.3, 0.4) is 0 Å². The summed E-state index contributed by atoms with van der Waals surface area (Å²) in [5.41, 5.74) is -2.40. The van der Waals surface area contributed by atoms with Crippen LogP contribution in [0.2, 0.25) is 0 Å². The zero-order valence-corrected chi connectivity index (χ0v) is 29.9. The number of nitrogens with zero attached hydrogens (tertiary/aromatic N) is 1. The zero-order chi connectivity index (χ0) is 36.1. The topological polar surface area (TPSA) is 50.1 Å². The van der Waals surface area contributed by atoms with Crippen molar-refractivity contribution in [2.45, 2.75) is 154 Å². The lowest BCUT2D eigenvalue weighted by Crippen LogP contribution is -2.61. The van der Waals surface area contributed by atoms with Crippen LogP contribution in [-0.2, 0) is 9.53 Å². The number of halogens is 9. The molecule has 1 atom stereocenters. The lowest BCUT2D eigenvalue weighted by molar-refractivity contribution is -0.397. The molecule has 3 nitrogen and oxygen atoms in total. The van der Waals surface area contributed by atoms with E-state index in [1.54, 1.807) is 27.7 Å². The van der Waals surface area contributed by atoms with Gasteiger partial charge in [0.1, 0.15) is 3.53 Å². The average Bonchev–Trinajstić information content (AvgIpc) is 2.89. The Morgan fingerprint density at radius 2 is 1.26 bits per heavy atom. The molecule has 46 heavy (non-hydrogen) atoms. The molecule has 0 aliphatic rings. The second-order valence-electron chi connectivity index (χ2n) is 13.1.